The highest BCUT2D eigenvalue weighted by Gasteiger charge is 2.10. The van der Waals surface area contributed by atoms with Gasteiger partial charge < -0.3 is 14.6 Å². The summed E-state index contributed by atoms with van der Waals surface area (Å²) in [5.41, 5.74) is 4.03. The van der Waals surface area contributed by atoms with Gasteiger partial charge in [-0.25, -0.2) is 4.79 Å². The van der Waals surface area contributed by atoms with Gasteiger partial charge in [0.2, 0.25) is 0 Å². The third-order valence-corrected chi connectivity index (χ3v) is 4.51. The van der Waals surface area contributed by atoms with Crippen LogP contribution in [0, 0.1) is 0 Å². The third kappa shape index (κ3) is 5.23. The molecule has 0 atom stereocenters. The molecule has 3 aromatic rings. The minimum absolute atomic E-state index is 0.243. The first-order valence-corrected chi connectivity index (χ1v) is 9.35. The van der Waals surface area contributed by atoms with E-state index in [1.165, 1.54) is 5.56 Å². The van der Waals surface area contributed by atoms with Crippen molar-refractivity contribution >= 4 is 17.9 Å². The van der Waals surface area contributed by atoms with E-state index in [4.69, 9.17) is 14.6 Å². The summed E-state index contributed by atoms with van der Waals surface area (Å²) in [7, 11) is 1.59. The average Bonchev–Trinajstić information content (AvgIpc) is 2.76. The van der Waals surface area contributed by atoms with Gasteiger partial charge in [-0.05, 0) is 53.9 Å². The molecule has 0 unspecified atom stereocenters. The molecule has 0 fully saturated rings. The molecule has 0 saturated carbocycles. The van der Waals surface area contributed by atoms with Gasteiger partial charge in [-0.15, -0.1) is 0 Å². The number of para-hydroxylation sites is 1. The number of methoxy groups -OCH3 is 1. The second-order valence-corrected chi connectivity index (χ2v) is 6.45. The molecule has 1 N–H and O–H groups in total. The van der Waals surface area contributed by atoms with Crippen LogP contribution in [0.1, 0.15) is 34.0 Å². The summed E-state index contributed by atoms with van der Waals surface area (Å²) in [5, 5.41) is 9.01. The van der Waals surface area contributed by atoms with Crippen LogP contribution in [0.4, 0.5) is 5.69 Å². The summed E-state index contributed by atoms with van der Waals surface area (Å²) in [6, 6.07) is 20.3. The van der Waals surface area contributed by atoms with Crippen molar-refractivity contribution in [3.05, 3.63) is 89.0 Å². The molecule has 0 aliphatic rings. The summed E-state index contributed by atoms with van der Waals surface area (Å²) in [5.74, 6) is 0.247. The molecule has 0 aliphatic heterocycles. The fourth-order valence-electron chi connectivity index (χ4n) is 2.81. The van der Waals surface area contributed by atoms with Gasteiger partial charge in [-0.1, -0.05) is 37.3 Å². The fourth-order valence-corrected chi connectivity index (χ4v) is 2.81. The SMILES string of the molecule is CCc1ccc(N=Cc2cccc(OC)c2OCc2ccc(C(=O)O)cc2)cc1. The Kier molecular flexibility index (Phi) is 6.63. The first-order valence-electron chi connectivity index (χ1n) is 9.35. The zero-order valence-corrected chi connectivity index (χ0v) is 16.5. The first kappa shape index (κ1) is 20.1. The lowest BCUT2D eigenvalue weighted by Gasteiger charge is -2.13. The Hall–Kier alpha value is -3.60. The Morgan fingerprint density at radius 1 is 1.00 bits per heavy atom. The molecule has 29 heavy (non-hydrogen) atoms. The number of carboxylic acid groups (broad SMARTS) is 1. The lowest BCUT2D eigenvalue weighted by Crippen LogP contribution is -2.02. The second-order valence-electron chi connectivity index (χ2n) is 6.45. The molecule has 5 heteroatoms. The number of aryl methyl sites for hydroxylation is 1. The predicted molar refractivity (Wildman–Crippen MR) is 114 cm³/mol. The predicted octanol–water partition coefficient (Wildman–Crippen LogP) is 5.29. The van der Waals surface area contributed by atoms with Crippen LogP contribution >= 0.6 is 0 Å². The minimum Gasteiger partial charge on any atom is -0.493 e. The maximum absolute atomic E-state index is 11.0. The first-order chi connectivity index (χ1) is 14.1. The number of carbonyl (C=O) groups is 1. The van der Waals surface area contributed by atoms with E-state index in [0.717, 1.165) is 23.2 Å². The van der Waals surface area contributed by atoms with Crippen molar-refractivity contribution in [2.45, 2.75) is 20.0 Å². The Balaban J connectivity index is 1.79. The van der Waals surface area contributed by atoms with Crippen LogP contribution in [0.3, 0.4) is 0 Å². The lowest BCUT2D eigenvalue weighted by molar-refractivity contribution is 0.0697. The molecule has 0 bridgehead atoms. The molecule has 0 spiro atoms. The van der Waals surface area contributed by atoms with E-state index in [9.17, 15) is 4.79 Å². The number of rotatable bonds is 8. The number of aromatic carboxylic acids is 1. The number of benzene rings is 3. The molecular weight excluding hydrogens is 366 g/mol. The molecule has 3 aromatic carbocycles. The topological polar surface area (TPSA) is 68.1 Å². The van der Waals surface area contributed by atoms with E-state index in [1.807, 2.05) is 30.3 Å². The molecule has 3 rings (SSSR count). The summed E-state index contributed by atoms with van der Waals surface area (Å²) < 4.78 is 11.4. The Morgan fingerprint density at radius 3 is 2.31 bits per heavy atom. The fraction of sp³-hybridized carbons (Fsp3) is 0.167. The van der Waals surface area contributed by atoms with E-state index in [1.54, 1.807) is 37.6 Å². The van der Waals surface area contributed by atoms with Crippen LogP contribution in [-0.2, 0) is 13.0 Å². The molecule has 5 nitrogen and oxygen atoms in total. The molecule has 0 saturated heterocycles. The normalized spacial score (nSPS) is 10.8. The standard InChI is InChI=1S/C24H23NO4/c1-3-17-9-13-21(14-10-17)25-15-20-5-4-6-22(28-2)23(20)29-16-18-7-11-19(12-8-18)24(26)27/h4-15H,3,16H2,1-2H3,(H,26,27). The quantitative estimate of drug-likeness (QED) is 0.532. The van der Waals surface area contributed by atoms with Gasteiger partial charge in [0.25, 0.3) is 0 Å². The number of aliphatic imine (C=N–C) groups is 1. The van der Waals surface area contributed by atoms with Crippen LogP contribution in [-0.4, -0.2) is 24.4 Å². The molecule has 0 heterocycles. The number of hydrogen-bond acceptors (Lipinski definition) is 4. The van der Waals surface area contributed by atoms with Gasteiger partial charge in [0, 0.05) is 11.8 Å². The second kappa shape index (κ2) is 9.55. The minimum atomic E-state index is -0.951. The van der Waals surface area contributed by atoms with Gasteiger partial charge in [0.1, 0.15) is 6.61 Å². The van der Waals surface area contributed by atoms with Crippen molar-refractivity contribution in [2.75, 3.05) is 7.11 Å². The van der Waals surface area contributed by atoms with Crippen molar-refractivity contribution in [2.24, 2.45) is 4.99 Å². The highest BCUT2D eigenvalue weighted by atomic mass is 16.5. The van der Waals surface area contributed by atoms with Gasteiger partial charge in [-0.2, -0.15) is 0 Å². The van der Waals surface area contributed by atoms with Gasteiger partial charge in [0.15, 0.2) is 11.5 Å². The van der Waals surface area contributed by atoms with E-state index in [0.29, 0.717) is 11.5 Å². The average molecular weight is 389 g/mol. The van der Waals surface area contributed by atoms with Gasteiger partial charge >= 0.3 is 5.97 Å². The Morgan fingerprint density at radius 2 is 1.69 bits per heavy atom. The molecular formula is C24H23NO4. The molecule has 0 aliphatic carbocycles. The highest BCUT2D eigenvalue weighted by Crippen LogP contribution is 2.31. The van der Waals surface area contributed by atoms with Crippen LogP contribution in [0.25, 0.3) is 0 Å². The number of hydrogen-bond donors (Lipinski definition) is 1. The van der Waals surface area contributed by atoms with E-state index in [2.05, 4.69) is 24.0 Å². The highest BCUT2D eigenvalue weighted by molar-refractivity contribution is 5.87. The maximum Gasteiger partial charge on any atom is 0.335 e. The summed E-state index contributed by atoms with van der Waals surface area (Å²) in [6.45, 7) is 2.40. The number of carboxylic acids is 1. The number of ether oxygens (including phenoxy) is 2. The molecule has 148 valence electrons. The smallest absolute Gasteiger partial charge is 0.335 e. The summed E-state index contributed by atoms with van der Waals surface area (Å²) in [4.78, 5) is 15.5. The van der Waals surface area contributed by atoms with Gasteiger partial charge in [0.05, 0.1) is 18.4 Å². The largest absolute Gasteiger partial charge is 0.493 e. The van der Waals surface area contributed by atoms with Crippen LogP contribution < -0.4 is 9.47 Å². The van der Waals surface area contributed by atoms with E-state index < -0.39 is 5.97 Å². The monoisotopic (exact) mass is 389 g/mol. The van der Waals surface area contributed by atoms with Crippen LogP contribution in [0.15, 0.2) is 71.7 Å². The van der Waals surface area contributed by atoms with Crippen molar-refractivity contribution in [1.82, 2.24) is 0 Å². The van der Waals surface area contributed by atoms with Crippen LogP contribution in [0.2, 0.25) is 0 Å². The maximum atomic E-state index is 11.0. The van der Waals surface area contributed by atoms with E-state index in [-0.39, 0.29) is 12.2 Å². The summed E-state index contributed by atoms with van der Waals surface area (Å²) >= 11 is 0. The third-order valence-electron chi connectivity index (χ3n) is 4.51. The zero-order valence-electron chi connectivity index (χ0n) is 16.5. The summed E-state index contributed by atoms with van der Waals surface area (Å²) in [6.07, 6.45) is 2.75. The Labute approximate surface area is 170 Å². The molecule has 0 aromatic heterocycles. The Bertz CT molecular complexity index is 992. The zero-order chi connectivity index (χ0) is 20.6. The van der Waals surface area contributed by atoms with Crippen molar-refractivity contribution < 1.29 is 19.4 Å². The lowest BCUT2D eigenvalue weighted by atomic mass is 10.1. The van der Waals surface area contributed by atoms with E-state index >= 15 is 0 Å². The van der Waals surface area contributed by atoms with Crippen molar-refractivity contribution in [3.8, 4) is 11.5 Å². The molecule has 0 radical (unpaired) electrons. The van der Waals surface area contributed by atoms with Crippen molar-refractivity contribution in [3.63, 3.8) is 0 Å². The number of nitrogens with zero attached hydrogens (tertiary/aromatic N) is 1. The van der Waals surface area contributed by atoms with Gasteiger partial charge in [-0.3, -0.25) is 4.99 Å². The van der Waals surface area contributed by atoms with Crippen molar-refractivity contribution in [1.29, 1.82) is 0 Å². The molecule has 0 amide bonds. The van der Waals surface area contributed by atoms with Crippen LogP contribution in [0.5, 0.6) is 11.5 Å².